The molecule has 0 atom stereocenters. The molecule has 0 N–H and O–H groups in total. The van der Waals surface area contributed by atoms with Crippen molar-refractivity contribution in [2.45, 2.75) is 19.4 Å². The SMILES string of the molecule is O=C(C1CCN(c2nc3cccnc3n(Cc3ccccc3)c2=O)CC1)N1CCOCC1. The van der Waals surface area contributed by atoms with Gasteiger partial charge in [-0.05, 0) is 30.5 Å². The maximum absolute atomic E-state index is 13.5. The zero-order valence-corrected chi connectivity index (χ0v) is 18.0. The van der Waals surface area contributed by atoms with Crippen molar-refractivity contribution in [2.24, 2.45) is 5.92 Å². The number of rotatable bonds is 4. The molecule has 1 amide bonds. The van der Waals surface area contributed by atoms with Gasteiger partial charge >= 0.3 is 0 Å². The summed E-state index contributed by atoms with van der Waals surface area (Å²) >= 11 is 0. The minimum Gasteiger partial charge on any atom is -0.378 e. The van der Waals surface area contributed by atoms with Gasteiger partial charge in [0.05, 0.1) is 19.8 Å². The molecular formula is C24H27N5O3. The first-order chi connectivity index (χ1) is 15.7. The Kier molecular flexibility index (Phi) is 5.85. The summed E-state index contributed by atoms with van der Waals surface area (Å²) in [7, 11) is 0. The molecule has 0 aliphatic carbocycles. The molecule has 0 radical (unpaired) electrons. The molecule has 1 aromatic carbocycles. The van der Waals surface area contributed by atoms with Crippen LogP contribution in [0.2, 0.25) is 0 Å². The number of amides is 1. The van der Waals surface area contributed by atoms with Crippen molar-refractivity contribution in [1.29, 1.82) is 0 Å². The number of aromatic nitrogens is 3. The van der Waals surface area contributed by atoms with Crippen molar-refractivity contribution in [3.05, 3.63) is 64.6 Å². The highest BCUT2D eigenvalue weighted by atomic mass is 16.5. The van der Waals surface area contributed by atoms with Gasteiger partial charge in [-0.1, -0.05) is 30.3 Å². The summed E-state index contributed by atoms with van der Waals surface area (Å²) in [6.45, 7) is 4.28. The van der Waals surface area contributed by atoms with Gasteiger partial charge in [-0.25, -0.2) is 9.97 Å². The van der Waals surface area contributed by atoms with Crippen molar-refractivity contribution in [1.82, 2.24) is 19.4 Å². The fraction of sp³-hybridized carbons (Fsp3) is 0.417. The largest absolute Gasteiger partial charge is 0.378 e. The zero-order chi connectivity index (χ0) is 21.9. The smallest absolute Gasteiger partial charge is 0.295 e. The Labute approximate surface area is 186 Å². The number of piperidine rings is 1. The van der Waals surface area contributed by atoms with Crippen molar-refractivity contribution < 1.29 is 9.53 Å². The molecule has 2 aliphatic rings. The number of carbonyl (C=O) groups excluding carboxylic acids is 1. The molecule has 2 aromatic heterocycles. The molecule has 0 spiro atoms. The van der Waals surface area contributed by atoms with Gasteiger partial charge in [-0.3, -0.25) is 14.2 Å². The Morgan fingerprint density at radius 3 is 2.50 bits per heavy atom. The number of carbonyl (C=O) groups is 1. The summed E-state index contributed by atoms with van der Waals surface area (Å²) in [5.74, 6) is 0.654. The van der Waals surface area contributed by atoms with Crippen LogP contribution in [0.15, 0.2) is 53.5 Å². The van der Waals surface area contributed by atoms with Crippen LogP contribution >= 0.6 is 0 Å². The summed E-state index contributed by atoms with van der Waals surface area (Å²) in [6.07, 6.45) is 3.13. The molecule has 8 heteroatoms. The number of ether oxygens (including phenoxy) is 1. The Bertz CT molecular complexity index is 1150. The lowest BCUT2D eigenvalue weighted by Gasteiger charge is -2.35. The maximum atomic E-state index is 13.5. The fourth-order valence-electron chi connectivity index (χ4n) is 4.56. The highest BCUT2D eigenvalue weighted by Gasteiger charge is 2.31. The Morgan fingerprint density at radius 1 is 1.00 bits per heavy atom. The van der Waals surface area contributed by atoms with Crippen LogP contribution in [0, 0.1) is 5.92 Å². The Balaban J connectivity index is 1.39. The molecule has 166 valence electrons. The lowest BCUT2D eigenvalue weighted by Crippen LogP contribution is -2.47. The summed E-state index contributed by atoms with van der Waals surface area (Å²) in [5, 5.41) is 0. The van der Waals surface area contributed by atoms with E-state index < -0.39 is 0 Å². The van der Waals surface area contributed by atoms with Crippen LogP contribution in [0.4, 0.5) is 5.82 Å². The van der Waals surface area contributed by atoms with E-state index in [1.807, 2.05) is 52.3 Å². The van der Waals surface area contributed by atoms with Gasteiger partial charge in [-0.2, -0.15) is 0 Å². The van der Waals surface area contributed by atoms with Crippen molar-refractivity contribution in [3.63, 3.8) is 0 Å². The number of morpholine rings is 1. The van der Waals surface area contributed by atoms with E-state index in [-0.39, 0.29) is 17.4 Å². The molecular weight excluding hydrogens is 406 g/mol. The number of nitrogens with zero attached hydrogens (tertiary/aromatic N) is 5. The third-order valence-corrected chi connectivity index (χ3v) is 6.33. The normalized spacial score (nSPS) is 17.6. The molecule has 32 heavy (non-hydrogen) atoms. The van der Waals surface area contributed by atoms with Gasteiger partial charge in [0.25, 0.3) is 5.56 Å². The predicted molar refractivity (Wildman–Crippen MR) is 122 cm³/mol. The minimum absolute atomic E-state index is 0.00184. The maximum Gasteiger partial charge on any atom is 0.295 e. The highest BCUT2D eigenvalue weighted by molar-refractivity contribution is 5.79. The van der Waals surface area contributed by atoms with Gasteiger partial charge in [0.1, 0.15) is 5.52 Å². The molecule has 4 heterocycles. The van der Waals surface area contributed by atoms with Crippen LogP contribution in [-0.2, 0) is 16.1 Å². The van der Waals surface area contributed by atoms with Crippen LogP contribution in [0.5, 0.6) is 0 Å². The number of anilines is 1. The molecule has 5 rings (SSSR count). The van der Waals surface area contributed by atoms with Crippen molar-refractivity contribution >= 4 is 22.9 Å². The second kappa shape index (κ2) is 9.08. The average Bonchev–Trinajstić information content (AvgIpc) is 2.86. The quantitative estimate of drug-likeness (QED) is 0.625. The first kappa shape index (κ1) is 20.6. The third-order valence-electron chi connectivity index (χ3n) is 6.33. The van der Waals surface area contributed by atoms with E-state index in [0.717, 1.165) is 18.4 Å². The van der Waals surface area contributed by atoms with Gasteiger partial charge < -0.3 is 14.5 Å². The topological polar surface area (TPSA) is 80.6 Å². The zero-order valence-electron chi connectivity index (χ0n) is 18.0. The average molecular weight is 434 g/mol. The number of pyridine rings is 1. The van der Waals surface area contributed by atoms with Gasteiger partial charge in [0, 0.05) is 38.3 Å². The van der Waals surface area contributed by atoms with Crippen LogP contribution in [0.25, 0.3) is 11.2 Å². The van der Waals surface area contributed by atoms with E-state index >= 15 is 0 Å². The molecule has 8 nitrogen and oxygen atoms in total. The lowest BCUT2D eigenvalue weighted by atomic mass is 9.95. The van der Waals surface area contributed by atoms with Crippen LogP contribution in [-0.4, -0.2) is 64.7 Å². The molecule has 0 unspecified atom stereocenters. The first-order valence-electron chi connectivity index (χ1n) is 11.2. The summed E-state index contributed by atoms with van der Waals surface area (Å²) in [5.41, 5.74) is 2.18. The van der Waals surface area contributed by atoms with Crippen LogP contribution in [0.1, 0.15) is 18.4 Å². The van der Waals surface area contributed by atoms with Gasteiger partial charge in [-0.15, -0.1) is 0 Å². The molecule has 3 aromatic rings. The van der Waals surface area contributed by atoms with E-state index in [1.54, 1.807) is 10.8 Å². The summed E-state index contributed by atoms with van der Waals surface area (Å²) in [4.78, 5) is 39.4. The second-order valence-electron chi connectivity index (χ2n) is 8.36. The molecule has 2 saturated heterocycles. The Hall–Kier alpha value is -3.26. The Morgan fingerprint density at radius 2 is 1.75 bits per heavy atom. The molecule has 2 fully saturated rings. The number of benzene rings is 1. The van der Waals surface area contributed by atoms with Crippen LogP contribution < -0.4 is 10.5 Å². The van der Waals surface area contributed by atoms with Crippen LogP contribution in [0.3, 0.4) is 0 Å². The van der Waals surface area contributed by atoms with E-state index in [4.69, 9.17) is 4.74 Å². The summed E-state index contributed by atoms with van der Waals surface area (Å²) in [6, 6.07) is 13.6. The highest BCUT2D eigenvalue weighted by Crippen LogP contribution is 2.23. The predicted octanol–water partition coefficient (Wildman–Crippen LogP) is 1.91. The molecule has 2 aliphatic heterocycles. The minimum atomic E-state index is -0.141. The van der Waals surface area contributed by atoms with E-state index in [0.29, 0.717) is 62.9 Å². The third kappa shape index (κ3) is 4.10. The fourth-order valence-corrected chi connectivity index (χ4v) is 4.56. The molecule has 0 bridgehead atoms. The monoisotopic (exact) mass is 433 g/mol. The lowest BCUT2D eigenvalue weighted by molar-refractivity contribution is -0.140. The van der Waals surface area contributed by atoms with Crippen molar-refractivity contribution in [3.8, 4) is 0 Å². The van der Waals surface area contributed by atoms with E-state index in [1.165, 1.54) is 0 Å². The summed E-state index contributed by atoms with van der Waals surface area (Å²) < 4.78 is 7.07. The van der Waals surface area contributed by atoms with E-state index in [9.17, 15) is 9.59 Å². The van der Waals surface area contributed by atoms with E-state index in [2.05, 4.69) is 9.97 Å². The molecule has 0 saturated carbocycles. The number of hydrogen-bond acceptors (Lipinski definition) is 6. The number of fused-ring (bicyclic) bond motifs is 1. The second-order valence-corrected chi connectivity index (χ2v) is 8.36. The standard InChI is InChI=1S/C24H27N5O3/c30-23(28-13-15-32-16-14-28)19-8-11-27(12-9-19)22-24(31)29(17-18-5-2-1-3-6-18)21-20(26-22)7-4-10-25-21/h1-7,10,19H,8-9,11-17H2. The van der Waals surface area contributed by atoms with Crippen molar-refractivity contribution in [2.75, 3.05) is 44.3 Å². The van der Waals surface area contributed by atoms with Gasteiger partial charge in [0.2, 0.25) is 5.91 Å². The van der Waals surface area contributed by atoms with Gasteiger partial charge in [0.15, 0.2) is 11.5 Å². The number of hydrogen-bond donors (Lipinski definition) is 0. The first-order valence-corrected chi connectivity index (χ1v) is 11.2.